The van der Waals surface area contributed by atoms with E-state index in [1.54, 1.807) is 0 Å². The molecule has 12 aromatic rings. The molecule has 0 aromatic carbocycles. The Balaban J connectivity index is 0.000000101. The first-order valence-electron chi connectivity index (χ1n) is 31.4. The molecule has 0 aliphatic carbocycles. The first-order valence-corrected chi connectivity index (χ1v) is 31.4. The van der Waals surface area contributed by atoms with Crippen LogP contribution in [0.15, 0.2) is 194 Å². The molecule has 0 fully saturated rings. The molecule has 0 saturated heterocycles. The number of nitrogens with one attached hydrogen (secondary N) is 8. The van der Waals surface area contributed by atoms with Crippen LogP contribution < -0.4 is 0 Å². The van der Waals surface area contributed by atoms with Gasteiger partial charge in [-0.1, -0.05) is 0 Å². The molecule has 17 heteroatoms. The first-order chi connectivity index (χ1) is 47.2. The first kappa shape index (κ1) is 59.0. The Morgan fingerprint density at radius 2 is 0.216 bits per heavy atom. The molecule has 97 heavy (non-hydrogen) atoms. The van der Waals surface area contributed by atoms with Crippen molar-refractivity contribution in [2.45, 2.75) is 0 Å². The van der Waals surface area contributed by atoms with Crippen molar-refractivity contribution in [3.8, 4) is 0 Å². The number of fused-ring (bicyclic) bond motifs is 32. The van der Waals surface area contributed by atoms with Gasteiger partial charge in [-0.15, -0.1) is 0 Å². The number of H-pyrrole nitrogens is 8. The maximum Gasteiger partial charge on any atom is 0.0659 e. The molecule has 0 unspecified atom stereocenters. The number of aromatic nitrogens is 16. The standard InChI is InChI=1S/4C20H14N4.Co/c4*1-2-14-10-16-5-6-18(23-16)12-20-8-7-19(24-20)11-17-4-3-15(22-17)9-13(1)21-14;/h4*1-12,21-22H;. The van der Waals surface area contributed by atoms with Crippen molar-refractivity contribution < 1.29 is 16.8 Å². The van der Waals surface area contributed by atoms with E-state index in [0.717, 1.165) is 179 Å². The molecule has 0 atom stereocenters. The minimum Gasteiger partial charge on any atom is -0.355 e. The Morgan fingerprint density at radius 3 is 0.330 bits per heavy atom. The number of nitrogens with zero attached hydrogens (tertiary/aromatic N) is 8. The Kier molecular flexibility index (Phi) is 15.7. The van der Waals surface area contributed by atoms with Crippen LogP contribution >= 0.6 is 0 Å². The zero-order chi connectivity index (χ0) is 63.7. The van der Waals surface area contributed by atoms with Crippen LogP contribution in [-0.4, -0.2) is 79.7 Å². The van der Waals surface area contributed by atoms with E-state index in [-0.39, 0.29) is 16.8 Å². The topological polar surface area (TPSA) is 229 Å². The molecule has 0 spiro atoms. The normalized spacial score (nSPS) is 12.5. The van der Waals surface area contributed by atoms with Gasteiger partial charge in [-0.05, 0) is 291 Å². The summed E-state index contributed by atoms with van der Waals surface area (Å²) in [5.74, 6) is 0. The van der Waals surface area contributed by atoms with Crippen LogP contribution in [0.2, 0.25) is 0 Å². The predicted octanol–water partition coefficient (Wildman–Crippen LogP) is 18.6. The third-order valence-electron chi connectivity index (χ3n) is 16.2. The summed E-state index contributed by atoms with van der Waals surface area (Å²) in [6, 6.07) is 65.6. The molecule has 12 aromatic heterocycles. The molecule has 465 valence electrons. The second-order valence-electron chi connectivity index (χ2n) is 23.6. The summed E-state index contributed by atoms with van der Waals surface area (Å²) in [6.07, 6.45) is 32.2. The van der Waals surface area contributed by atoms with Gasteiger partial charge >= 0.3 is 0 Å². The van der Waals surface area contributed by atoms with Crippen LogP contribution in [0.25, 0.3) is 185 Å². The molecule has 1 radical (unpaired) electrons. The van der Waals surface area contributed by atoms with Crippen molar-refractivity contribution in [3.05, 3.63) is 285 Å². The van der Waals surface area contributed by atoms with Gasteiger partial charge in [0.15, 0.2) is 0 Å². The van der Waals surface area contributed by atoms with Gasteiger partial charge in [0.1, 0.15) is 0 Å². The average molecular weight is 1300 g/mol. The molecule has 8 aliphatic rings. The van der Waals surface area contributed by atoms with Crippen molar-refractivity contribution in [3.63, 3.8) is 0 Å². The van der Waals surface area contributed by atoms with Gasteiger partial charge in [-0.3, -0.25) is 0 Å². The molecule has 20 heterocycles. The summed E-state index contributed by atoms with van der Waals surface area (Å²) in [4.78, 5) is 64.1. The number of hydrogen-bond donors (Lipinski definition) is 8. The zero-order valence-electron chi connectivity index (χ0n) is 51.6. The molecule has 8 aliphatic heterocycles. The molecule has 20 rings (SSSR count). The smallest absolute Gasteiger partial charge is 0.0659 e. The van der Waals surface area contributed by atoms with Gasteiger partial charge in [-0.2, -0.15) is 0 Å². The minimum absolute atomic E-state index is 0. The summed E-state index contributed by atoms with van der Waals surface area (Å²) in [7, 11) is 0. The monoisotopic (exact) mass is 1300 g/mol. The van der Waals surface area contributed by atoms with E-state index in [2.05, 4.69) is 201 Å². The second kappa shape index (κ2) is 25.8. The quantitative estimate of drug-likeness (QED) is 0.0726. The van der Waals surface area contributed by atoms with Crippen molar-refractivity contribution in [2.75, 3.05) is 0 Å². The largest absolute Gasteiger partial charge is 0.355 e. The van der Waals surface area contributed by atoms with Gasteiger partial charge in [0.25, 0.3) is 0 Å². The maximum atomic E-state index is 4.62. The molecular formula is C80H56CoN16. The third-order valence-corrected chi connectivity index (χ3v) is 16.2. The number of rotatable bonds is 0. The third kappa shape index (κ3) is 14.3. The number of aromatic amines is 8. The zero-order valence-corrected chi connectivity index (χ0v) is 52.7. The number of hydrogen-bond acceptors (Lipinski definition) is 8. The van der Waals surface area contributed by atoms with Crippen LogP contribution in [0, 0.1) is 0 Å². The SMILES string of the molecule is C1=Cc2cc3ccc(cc4ccc(cc5nc(cc1n2)C=C5)[nH]4)[nH]3.C1=Cc2cc3ccc(cc4ccc(cc5nc(cc1n2)C=C5)[nH]4)[nH]3.C1=Cc2cc3ccc(cc4ccc(cc5nc(cc1n2)C=C5)[nH]4)[nH]3.C1=Cc2cc3ccc(cc4ccc(cc5nc(cc1n2)C=C5)[nH]4)[nH]3.[Co]. The van der Waals surface area contributed by atoms with Crippen molar-refractivity contribution in [1.82, 2.24) is 79.7 Å². The van der Waals surface area contributed by atoms with Crippen molar-refractivity contribution >= 4 is 185 Å². The van der Waals surface area contributed by atoms with Gasteiger partial charge in [0.05, 0.1) is 91.1 Å². The van der Waals surface area contributed by atoms with Crippen molar-refractivity contribution in [2.24, 2.45) is 0 Å². The molecule has 32 bridgehead atoms. The van der Waals surface area contributed by atoms with Gasteiger partial charge in [0.2, 0.25) is 0 Å². The second-order valence-corrected chi connectivity index (χ2v) is 23.6. The van der Waals surface area contributed by atoms with Gasteiger partial charge in [0, 0.05) is 105 Å². The average Bonchev–Trinajstić information content (AvgIpc) is 1.76. The van der Waals surface area contributed by atoms with E-state index >= 15 is 0 Å². The summed E-state index contributed by atoms with van der Waals surface area (Å²) in [5.41, 5.74) is 31.4. The van der Waals surface area contributed by atoms with Crippen LogP contribution in [0.3, 0.4) is 0 Å². The van der Waals surface area contributed by atoms with E-state index in [0.29, 0.717) is 0 Å². The maximum absolute atomic E-state index is 4.62. The van der Waals surface area contributed by atoms with Crippen LogP contribution in [0.4, 0.5) is 0 Å². The van der Waals surface area contributed by atoms with E-state index in [4.69, 9.17) is 0 Å². The summed E-state index contributed by atoms with van der Waals surface area (Å²) in [6.45, 7) is 0. The summed E-state index contributed by atoms with van der Waals surface area (Å²) >= 11 is 0. The Morgan fingerprint density at radius 1 is 0.124 bits per heavy atom. The molecular weight excluding hydrogens is 1240 g/mol. The fraction of sp³-hybridized carbons (Fsp3) is 0. The Labute approximate surface area is 563 Å². The van der Waals surface area contributed by atoms with Crippen LogP contribution in [-0.2, 0) is 16.8 Å². The minimum atomic E-state index is 0. The fourth-order valence-electron chi connectivity index (χ4n) is 11.8. The van der Waals surface area contributed by atoms with E-state index in [1.807, 2.05) is 170 Å². The fourth-order valence-corrected chi connectivity index (χ4v) is 11.8. The molecule has 0 amide bonds. The van der Waals surface area contributed by atoms with E-state index < -0.39 is 0 Å². The molecule has 8 N–H and O–H groups in total. The van der Waals surface area contributed by atoms with E-state index in [9.17, 15) is 0 Å². The summed E-state index contributed by atoms with van der Waals surface area (Å²) < 4.78 is 0. The van der Waals surface area contributed by atoms with Crippen LogP contribution in [0.1, 0.15) is 91.1 Å². The molecule has 0 saturated carbocycles. The Bertz CT molecular complexity index is 5030. The van der Waals surface area contributed by atoms with E-state index in [1.165, 1.54) is 0 Å². The van der Waals surface area contributed by atoms with Crippen molar-refractivity contribution in [1.29, 1.82) is 0 Å². The Hall–Kier alpha value is -13.1. The summed E-state index contributed by atoms with van der Waals surface area (Å²) in [5, 5.41) is 0. The van der Waals surface area contributed by atoms with Gasteiger partial charge < -0.3 is 39.9 Å². The van der Waals surface area contributed by atoms with Gasteiger partial charge in [-0.25, -0.2) is 39.9 Å². The van der Waals surface area contributed by atoms with Crippen LogP contribution in [0.5, 0.6) is 0 Å². The molecule has 16 nitrogen and oxygen atoms in total. The predicted molar refractivity (Wildman–Crippen MR) is 395 cm³/mol.